The van der Waals surface area contributed by atoms with Gasteiger partial charge >= 0.3 is 0 Å². The summed E-state index contributed by atoms with van der Waals surface area (Å²) in [6.07, 6.45) is 4.24. The minimum atomic E-state index is 0.834. The van der Waals surface area contributed by atoms with Crippen LogP contribution in [0.2, 0.25) is 0 Å². The van der Waals surface area contributed by atoms with Crippen molar-refractivity contribution in [2.24, 2.45) is 0 Å². The van der Waals surface area contributed by atoms with Gasteiger partial charge in [-0.2, -0.15) is 0 Å². The van der Waals surface area contributed by atoms with Crippen molar-refractivity contribution in [2.75, 3.05) is 7.11 Å². The molecule has 3 aromatic carbocycles. The highest BCUT2D eigenvalue weighted by Crippen LogP contribution is 2.33. The third-order valence-electron chi connectivity index (χ3n) is 5.11. The second kappa shape index (κ2) is 7.28. The number of hydrogen-bond donors (Lipinski definition) is 0. The molecule has 3 heteroatoms. The number of rotatable bonds is 4. The molecule has 0 saturated heterocycles. The number of ether oxygens (including phenoxy) is 1. The zero-order chi connectivity index (χ0) is 19.6. The first kappa shape index (κ1) is 17.3. The molecule has 0 saturated carbocycles. The molecule has 0 fully saturated rings. The van der Waals surface area contributed by atoms with Crippen molar-refractivity contribution in [1.29, 1.82) is 0 Å². The molecular formula is C26H20N2O. The van der Waals surface area contributed by atoms with Crippen molar-refractivity contribution in [2.45, 2.75) is 0 Å². The number of aromatic nitrogens is 2. The lowest BCUT2D eigenvalue weighted by molar-refractivity contribution is 0.415. The summed E-state index contributed by atoms with van der Waals surface area (Å²) in [5.74, 6) is 0.834. The summed E-state index contributed by atoms with van der Waals surface area (Å²) in [4.78, 5) is 4.97. The van der Waals surface area contributed by atoms with E-state index in [0.717, 1.165) is 39.3 Å². The summed E-state index contributed by atoms with van der Waals surface area (Å²) in [6, 6.07) is 31.0. The van der Waals surface area contributed by atoms with E-state index in [1.807, 2.05) is 36.4 Å². The van der Waals surface area contributed by atoms with Gasteiger partial charge in [-0.3, -0.25) is 0 Å². The summed E-state index contributed by atoms with van der Waals surface area (Å²) >= 11 is 0. The van der Waals surface area contributed by atoms with Gasteiger partial charge in [-0.1, -0.05) is 72.8 Å². The maximum Gasteiger partial charge on any atom is 0.145 e. The molecule has 29 heavy (non-hydrogen) atoms. The van der Waals surface area contributed by atoms with E-state index in [9.17, 15) is 0 Å². The summed E-state index contributed by atoms with van der Waals surface area (Å²) in [7, 11) is 1.69. The van der Waals surface area contributed by atoms with Gasteiger partial charge in [-0.05, 0) is 34.9 Å². The zero-order valence-electron chi connectivity index (χ0n) is 16.1. The van der Waals surface area contributed by atoms with E-state index < -0.39 is 0 Å². The second-order valence-electron chi connectivity index (χ2n) is 6.96. The van der Waals surface area contributed by atoms with Gasteiger partial charge in [-0.15, -0.1) is 0 Å². The van der Waals surface area contributed by atoms with Crippen LogP contribution < -0.4 is 4.74 Å². The molecule has 0 unspecified atom stereocenters. The number of fused-ring (bicyclic) bond motifs is 1. The summed E-state index contributed by atoms with van der Waals surface area (Å²) in [5, 5.41) is 0. The van der Waals surface area contributed by atoms with Crippen LogP contribution in [0.3, 0.4) is 0 Å². The van der Waals surface area contributed by atoms with E-state index >= 15 is 0 Å². The van der Waals surface area contributed by atoms with Crippen molar-refractivity contribution in [1.82, 2.24) is 9.38 Å². The fraction of sp³-hybridized carbons (Fsp3) is 0.0385. The second-order valence-corrected chi connectivity index (χ2v) is 6.96. The Labute approximate surface area is 169 Å². The SMILES string of the molecule is COc1cccc(-c2cc(-c3ccccc3)cn3cc(-c4ccccc4)nc23)c1. The standard InChI is InChI=1S/C26H20N2O/c1-29-23-14-8-13-21(15-23)24-16-22(19-9-4-2-5-10-19)17-28-18-25(27-26(24)28)20-11-6-3-7-12-20/h2-18H,1H3. The van der Waals surface area contributed by atoms with Crippen molar-refractivity contribution in [3.05, 3.63) is 103 Å². The van der Waals surface area contributed by atoms with E-state index in [-0.39, 0.29) is 0 Å². The molecular weight excluding hydrogens is 356 g/mol. The molecule has 0 radical (unpaired) electrons. The van der Waals surface area contributed by atoms with Crippen molar-refractivity contribution in [3.8, 4) is 39.3 Å². The first-order valence-electron chi connectivity index (χ1n) is 9.60. The normalized spacial score (nSPS) is 10.9. The van der Waals surface area contributed by atoms with E-state index in [0.29, 0.717) is 0 Å². The van der Waals surface area contributed by atoms with Crippen LogP contribution in [0.5, 0.6) is 5.75 Å². The van der Waals surface area contributed by atoms with E-state index in [2.05, 4.69) is 71.4 Å². The summed E-state index contributed by atoms with van der Waals surface area (Å²) < 4.78 is 7.58. The Morgan fingerprint density at radius 1 is 0.655 bits per heavy atom. The van der Waals surface area contributed by atoms with Gasteiger partial charge in [0.05, 0.1) is 12.8 Å². The van der Waals surface area contributed by atoms with Crippen LogP contribution in [0.4, 0.5) is 0 Å². The predicted molar refractivity (Wildman–Crippen MR) is 118 cm³/mol. The predicted octanol–water partition coefficient (Wildman–Crippen LogP) is 6.34. The first-order chi connectivity index (χ1) is 14.3. The van der Waals surface area contributed by atoms with Crippen LogP contribution in [0.1, 0.15) is 0 Å². The maximum absolute atomic E-state index is 5.45. The van der Waals surface area contributed by atoms with Gasteiger partial charge in [-0.25, -0.2) is 4.98 Å². The fourth-order valence-corrected chi connectivity index (χ4v) is 3.64. The lowest BCUT2D eigenvalue weighted by atomic mass is 10.0. The minimum Gasteiger partial charge on any atom is -0.497 e. The number of hydrogen-bond acceptors (Lipinski definition) is 2. The van der Waals surface area contributed by atoms with Gasteiger partial charge in [0.2, 0.25) is 0 Å². The van der Waals surface area contributed by atoms with E-state index in [1.165, 1.54) is 5.56 Å². The molecule has 2 aromatic heterocycles. The Hall–Kier alpha value is -3.85. The number of benzene rings is 3. The van der Waals surface area contributed by atoms with Crippen LogP contribution >= 0.6 is 0 Å². The van der Waals surface area contributed by atoms with Gasteiger partial charge in [0.15, 0.2) is 0 Å². The monoisotopic (exact) mass is 376 g/mol. The number of methoxy groups -OCH3 is 1. The Bertz CT molecular complexity index is 1270. The first-order valence-corrected chi connectivity index (χ1v) is 9.60. The number of nitrogens with zero attached hydrogens (tertiary/aromatic N) is 2. The third-order valence-corrected chi connectivity index (χ3v) is 5.11. The Morgan fingerprint density at radius 2 is 1.34 bits per heavy atom. The molecule has 3 nitrogen and oxygen atoms in total. The van der Waals surface area contributed by atoms with Gasteiger partial charge in [0.1, 0.15) is 11.4 Å². The van der Waals surface area contributed by atoms with Crippen molar-refractivity contribution < 1.29 is 4.74 Å². The van der Waals surface area contributed by atoms with E-state index in [1.54, 1.807) is 7.11 Å². The molecule has 0 amide bonds. The van der Waals surface area contributed by atoms with Crippen molar-refractivity contribution in [3.63, 3.8) is 0 Å². The molecule has 0 spiro atoms. The molecule has 0 atom stereocenters. The highest BCUT2D eigenvalue weighted by atomic mass is 16.5. The Balaban J connectivity index is 1.77. The highest BCUT2D eigenvalue weighted by molar-refractivity contribution is 5.84. The van der Waals surface area contributed by atoms with Crippen molar-refractivity contribution >= 4 is 5.65 Å². The molecule has 5 rings (SSSR count). The average molecular weight is 376 g/mol. The molecule has 2 heterocycles. The molecule has 140 valence electrons. The largest absolute Gasteiger partial charge is 0.497 e. The molecule has 5 aromatic rings. The van der Waals surface area contributed by atoms with Gasteiger partial charge < -0.3 is 9.14 Å². The topological polar surface area (TPSA) is 26.5 Å². The van der Waals surface area contributed by atoms with Crippen LogP contribution in [-0.4, -0.2) is 16.5 Å². The van der Waals surface area contributed by atoms with Crippen LogP contribution in [0.25, 0.3) is 39.2 Å². The van der Waals surface area contributed by atoms with Crippen LogP contribution in [-0.2, 0) is 0 Å². The number of imidazole rings is 1. The molecule has 0 aliphatic heterocycles. The minimum absolute atomic E-state index is 0.834. The lowest BCUT2D eigenvalue weighted by Gasteiger charge is -2.10. The molecule has 0 aliphatic rings. The third kappa shape index (κ3) is 3.27. The van der Waals surface area contributed by atoms with Crippen LogP contribution in [0, 0.1) is 0 Å². The summed E-state index contributed by atoms with van der Waals surface area (Å²) in [5.41, 5.74) is 7.47. The fourth-order valence-electron chi connectivity index (χ4n) is 3.64. The van der Waals surface area contributed by atoms with Crippen LogP contribution in [0.15, 0.2) is 103 Å². The Kier molecular flexibility index (Phi) is 4.34. The average Bonchev–Trinajstić information content (AvgIpc) is 3.24. The van der Waals surface area contributed by atoms with E-state index in [4.69, 9.17) is 9.72 Å². The molecule has 0 aliphatic carbocycles. The highest BCUT2D eigenvalue weighted by Gasteiger charge is 2.13. The molecule has 0 N–H and O–H groups in total. The Morgan fingerprint density at radius 3 is 2.07 bits per heavy atom. The van der Waals surface area contributed by atoms with Gasteiger partial charge in [0.25, 0.3) is 0 Å². The summed E-state index contributed by atoms with van der Waals surface area (Å²) in [6.45, 7) is 0. The smallest absolute Gasteiger partial charge is 0.145 e. The quantitative estimate of drug-likeness (QED) is 0.366. The zero-order valence-corrected chi connectivity index (χ0v) is 16.1. The lowest BCUT2D eigenvalue weighted by Crippen LogP contribution is -1.92. The number of pyridine rings is 1. The molecule has 0 bridgehead atoms. The van der Waals surface area contributed by atoms with Gasteiger partial charge in [0, 0.05) is 23.5 Å². The maximum atomic E-state index is 5.45.